The van der Waals surface area contributed by atoms with Gasteiger partial charge in [-0.05, 0) is 38.3 Å². The van der Waals surface area contributed by atoms with Gasteiger partial charge in [0.15, 0.2) is 0 Å². The minimum absolute atomic E-state index is 0.801. The van der Waals surface area contributed by atoms with E-state index in [4.69, 9.17) is 0 Å². The van der Waals surface area contributed by atoms with E-state index in [9.17, 15) is 0 Å². The summed E-state index contributed by atoms with van der Waals surface area (Å²) in [4.78, 5) is 2.65. The molecule has 1 unspecified atom stereocenters. The molecular weight excluding hydrogens is 160 g/mol. The lowest BCUT2D eigenvalue weighted by molar-refractivity contribution is 0.291. The molecule has 13 heavy (non-hydrogen) atoms. The molecule has 1 N–H and O–H groups in total. The van der Waals surface area contributed by atoms with E-state index in [1.54, 1.807) is 0 Å². The predicted molar refractivity (Wildman–Crippen MR) is 55.9 cm³/mol. The maximum atomic E-state index is 3.57. The van der Waals surface area contributed by atoms with Gasteiger partial charge in [-0.1, -0.05) is 13.3 Å². The highest BCUT2D eigenvalue weighted by Gasteiger charge is 2.24. The van der Waals surface area contributed by atoms with E-state index in [0.29, 0.717) is 0 Å². The first-order valence-corrected chi connectivity index (χ1v) is 5.84. The smallest absolute Gasteiger partial charge is 0.0195 e. The van der Waals surface area contributed by atoms with E-state index >= 15 is 0 Å². The third-order valence-electron chi connectivity index (χ3n) is 3.59. The average Bonchev–Trinajstić information content (AvgIpc) is 2.76. The lowest BCUT2D eigenvalue weighted by atomic mass is 10.1. The maximum absolute atomic E-state index is 3.57. The van der Waals surface area contributed by atoms with E-state index in [1.807, 2.05) is 0 Å². The highest BCUT2D eigenvalue weighted by atomic mass is 15.2. The van der Waals surface area contributed by atoms with Gasteiger partial charge in [0.2, 0.25) is 0 Å². The maximum Gasteiger partial charge on any atom is 0.0195 e. The summed E-state index contributed by atoms with van der Waals surface area (Å²) >= 11 is 0. The zero-order valence-electron chi connectivity index (χ0n) is 8.76. The van der Waals surface area contributed by atoms with Crippen molar-refractivity contribution in [1.82, 2.24) is 10.2 Å². The van der Waals surface area contributed by atoms with Gasteiger partial charge in [-0.2, -0.15) is 0 Å². The van der Waals surface area contributed by atoms with Crippen LogP contribution in [0.1, 0.15) is 32.6 Å². The Morgan fingerprint density at radius 1 is 1.38 bits per heavy atom. The second-order valence-electron chi connectivity index (χ2n) is 4.62. The first-order chi connectivity index (χ1) is 6.38. The first-order valence-electron chi connectivity index (χ1n) is 5.84. The van der Waals surface area contributed by atoms with Crippen LogP contribution in [0.15, 0.2) is 0 Å². The normalized spacial score (nSPS) is 35.8. The highest BCUT2D eigenvalue weighted by Crippen LogP contribution is 2.20. The van der Waals surface area contributed by atoms with E-state index in [1.165, 1.54) is 51.9 Å². The predicted octanol–water partition coefficient (Wildman–Crippen LogP) is 1.47. The van der Waals surface area contributed by atoms with Crippen molar-refractivity contribution >= 4 is 0 Å². The Morgan fingerprint density at radius 3 is 2.92 bits per heavy atom. The van der Waals surface area contributed by atoms with Gasteiger partial charge in [0.1, 0.15) is 0 Å². The van der Waals surface area contributed by atoms with Crippen molar-refractivity contribution in [2.75, 3.05) is 26.2 Å². The van der Waals surface area contributed by atoms with Crippen LogP contribution in [-0.4, -0.2) is 37.1 Å². The molecule has 2 atom stereocenters. The second kappa shape index (κ2) is 4.43. The summed E-state index contributed by atoms with van der Waals surface area (Å²) in [7, 11) is 0. The number of nitrogens with one attached hydrogen (secondary N) is 1. The summed E-state index contributed by atoms with van der Waals surface area (Å²) in [6, 6.07) is 0.801. The summed E-state index contributed by atoms with van der Waals surface area (Å²) in [6.07, 6.45) is 5.58. The van der Waals surface area contributed by atoms with E-state index in [-0.39, 0.29) is 0 Å². The van der Waals surface area contributed by atoms with Crippen LogP contribution < -0.4 is 5.32 Å². The molecule has 2 heterocycles. The van der Waals surface area contributed by atoms with Crippen molar-refractivity contribution < 1.29 is 0 Å². The van der Waals surface area contributed by atoms with Crippen molar-refractivity contribution in [3.63, 3.8) is 0 Å². The Kier molecular flexibility index (Phi) is 3.23. The molecule has 2 nitrogen and oxygen atoms in total. The molecule has 2 aliphatic heterocycles. The SMILES string of the molecule is CCC1CCN(C[C@H]2CCCN2)C1. The molecule has 0 aromatic rings. The van der Waals surface area contributed by atoms with Crippen LogP contribution in [0.5, 0.6) is 0 Å². The van der Waals surface area contributed by atoms with Gasteiger partial charge in [-0.15, -0.1) is 0 Å². The van der Waals surface area contributed by atoms with Crippen LogP contribution in [0, 0.1) is 5.92 Å². The average molecular weight is 182 g/mol. The Labute approximate surface area is 81.7 Å². The van der Waals surface area contributed by atoms with E-state index in [2.05, 4.69) is 17.1 Å². The van der Waals surface area contributed by atoms with Crippen molar-refractivity contribution in [2.24, 2.45) is 5.92 Å². The van der Waals surface area contributed by atoms with Gasteiger partial charge in [0.25, 0.3) is 0 Å². The molecule has 0 aliphatic carbocycles. The minimum atomic E-state index is 0.801. The Hall–Kier alpha value is -0.0800. The Balaban J connectivity index is 1.70. The van der Waals surface area contributed by atoms with Gasteiger partial charge < -0.3 is 10.2 Å². The molecular formula is C11H22N2. The molecule has 0 aromatic carbocycles. The van der Waals surface area contributed by atoms with Gasteiger partial charge >= 0.3 is 0 Å². The largest absolute Gasteiger partial charge is 0.313 e. The lowest BCUT2D eigenvalue weighted by Crippen LogP contribution is -2.36. The standard InChI is InChI=1S/C11H22N2/c1-2-10-5-7-13(8-10)9-11-4-3-6-12-11/h10-12H,2-9H2,1H3/t10?,11-/m1/s1. The van der Waals surface area contributed by atoms with Gasteiger partial charge in [-0.3, -0.25) is 0 Å². The van der Waals surface area contributed by atoms with Crippen molar-refractivity contribution in [2.45, 2.75) is 38.6 Å². The fourth-order valence-electron chi connectivity index (χ4n) is 2.64. The van der Waals surface area contributed by atoms with Crippen LogP contribution in [-0.2, 0) is 0 Å². The van der Waals surface area contributed by atoms with Gasteiger partial charge in [0.05, 0.1) is 0 Å². The third-order valence-corrected chi connectivity index (χ3v) is 3.59. The molecule has 0 spiro atoms. The molecule has 2 aliphatic rings. The molecule has 2 saturated heterocycles. The van der Waals surface area contributed by atoms with Crippen molar-refractivity contribution in [1.29, 1.82) is 0 Å². The lowest BCUT2D eigenvalue weighted by Gasteiger charge is -2.20. The molecule has 2 heteroatoms. The van der Waals surface area contributed by atoms with Crippen LogP contribution in [0.3, 0.4) is 0 Å². The molecule has 0 aromatic heterocycles. The summed E-state index contributed by atoms with van der Waals surface area (Å²) in [6.45, 7) is 7.57. The third kappa shape index (κ3) is 2.44. The fourth-order valence-corrected chi connectivity index (χ4v) is 2.64. The van der Waals surface area contributed by atoms with E-state index in [0.717, 1.165) is 12.0 Å². The van der Waals surface area contributed by atoms with Crippen molar-refractivity contribution in [3.8, 4) is 0 Å². The van der Waals surface area contributed by atoms with Crippen LogP contribution in [0.4, 0.5) is 0 Å². The fraction of sp³-hybridized carbons (Fsp3) is 1.00. The molecule has 0 saturated carbocycles. The van der Waals surface area contributed by atoms with Crippen LogP contribution in [0.25, 0.3) is 0 Å². The van der Waals surface area contributed by atoms with Gasteiger partial charge in [0, 0.05) is 19.1 Å². The minimum Gasteiger partial charge on any atom is -0.313 e. The number of hydrogen-bond acceptors (Lipinski definition) is 2. The quantitative estimate of drug-likeness (QED) is 0.711. The summed E-state index contributed by atoms with van der Waals surface area (Å²) in [5, 5.41) is 3.57. The Morgan fingerprint density at radius 2 is 2.31 bits per heavy atom. The zero-order chi connectivity index (χ0) is 9.10. The monoisotopic (exact) mass is 182 g/mol. The molecule has 2 rings (SSSR count). The molecule has 2 fully saturated rings. The van der Waals surface area contributed by atoms with Crippen molar-refractivity contribution in [3.05, 3.63) is 0 Å². The number of hydrogen-bond donors (Lipinski definition) is 1. The molecule has 0 radical (unpaired) electrons. The Bertz CT molecular complexity index is 152. The summed E-state index contributed by atoms with van der Waals surface area (Å²) in [5.41, 5.74) is 0. The molecule has 0 amide bonds. The van der Waals surface area contributed by atoms with Crippen LogP contribution >= 0.6 is 0 Å². The number of nitrogens with zero attached hydrogens (tertiary/aromatic N) is 1. The number of rotatable bonds is 3. The number of likely N-dealkylation sites (tertiary alicyclic amines) is 1. The summed E-state index contributed by atoms with van der Waals surface area (Å²) in [5.74, 6) is 0.987. The summed E-state index contributed by atoms with van der Waals surface area (Å²) < 4.78 is 0. The van der Waals surface area contributed by atoms with Crippen LogP contribution in [0.2, 0.25) is 0 Å². The van der Waals surface area contributed by atoms with Gasteiger partial charge in [-0.25, -0.2) is 0 Å². The zero-order valence-corrected chi connectivity index (χ0v) is 8.76. The molecule has 76 valence electrons. The first kappa shape index (κ1) is 9.47. The highest BCUT2D eigenvalue weighted by molar-refractivity contribution is 4.82. The topological polar surface area (TPSA) is 15.3 Å². The van der Waals surface area contributed by atoms with E-state index < -0.39 is 0 Å². The second-order valence-corrected chi connectivity index (χ2v) is 4.62. The molecule has 0 bridgehead atoms.